The molecule has 2 aromatic rings. The molecule has 1 aromatic heterocycles. The van der Waals surface area contributed by atoms with E-state index in [1.807, 2.05) is 12.1 Å². The quantitative estimate of drug-likeness (QED) is 0.443. The standard InChI is InChI=1S/C15H18N4O/c16-19-15-12-4-2-1-3-5-13(12)17-14(18-15)10-6-8-11(20)9-7-10/h6-9,20H,1-5,16H2,(H,17,18,19). The Morgan fingerprint density at radius 1 is 1.00 bits per heavy atom. The lowest BCUT2D eigenvalue weighted by molar-refractivity contribution is 0.475. The van der Waals surface area contributed by atoms with Gasteiger partial charge in [0.05, 0.1) is 0 Å². The Morgan fingerprint density at radius 2 is 1.75 bits per heavy atom. The zero-order valence-corrected chi connectivity index (χ0v) is 11.3. The maximum atomic E-state index is 9.36. The Bertz CT molecular complexity index is 610. The molecule has 0 radical (unpaired) electrons. The van der Waals surface area contributed by atoms with Gasteiger partial charge in [0.1, 0.15) is 11.6 Å². The van der Waals surface area contributed by atoms with E-state index in [2.05, 4.69) is 10.4 Å². The molecule has 0 saturated heterocycles. The number of hydrazine groups is 1. The molecular formula is C15H18N4O. The van der Waals surface area contributed by atoms with Gasteiger partial charge in [-0.2, -0.15) is 0 Å². The van der Waals surface area contributed by atoms with Gasteiger partial charge >= 0.3 is 0 Å². The minimum Gasteiger partial charge on any atom is -0.508 e. The van der Waals surface area contributed by atoms with Crippen molar-refractivity contribution in [3.05, 3.63) is 35.5 Å². The van der Waals surface area contributed by atoms with E-state index in [1.54, 1.807) is 12.1 Å². The summed E-state index contributed by atoms with van der Waals surface area (Å²) in [6.07, 6.45) is 5.48. The molecule has 0 saturated carbocycles. The molecule has 0 aliphatic heterocycles. The number of nitrogens with zero attached hydrogens (tertiary/aromatic N) is 2. The van der Waals surface area contributed by atoms with Gasteiger partial charge in [-0.25, -0.2) is 15.8 Å². The topological polar surface area (TPSA) is 84.1 Å². The van der Waals surface area contributed by atoms with Crippen LogP contribution in [-0.4, -0.2) is 15.1 Å². The molecular weight excluding hydrogens is 252 g/mol. The van der Waals surface area contributed by atoms with E-state index in [4.69, 9.17) is 10.8 Å². The van der Waals surface area contributed by atoms with Crippen LogP contribution in [-0.2, 0) is 12.8 Å². The molecule has 5 nitrogen and oxygen atoms in total. The maximum Gasteiger partial charge on any atom is 0.161 e. The zero-order chi connectivity index (χ0) is 13.9. The number of benzene rings is 1. The summed E-state index contributed by atoms with van der Waals surface area (Å²) >= 11 is 0. The molecule has 0 amide bonds. The average Bonchev–Trinajstić information content (AvgIpc) is 2.72. The van der Waals surface area contributed by atoms with Crippen LogP contribution in [0.15, 0.2) is 24.3 Å². The number of aromatic hydroxyl groups is 1. The normalized spacial score (nSPS) is 14.4. The minimum absolute atomic E-state index is 0.237. The monoisotopic (exact) mass is 270 g/mol. The zero-order valence-electron chi connectivity index (χ0n) is 11.3. The van der Waals surface area contributed by atoms with Gasteiger partial charge in [-0.1, -0.05) is 6.42 Å². The van der Waals surface area contributed by atoms with E-state index in [-0.39, 0.29) is 5.75 Å². The lowest BCUT2D eigenvalue weighted by atomic mass is 10.1. The van der Waals surface area contributed by atoms with Crippen LogP contribution in [0.2, 0.25) is 0 Å². The summed E-state index contributed by atoms with van der Waals surface area (Å²) in [5.41, 5.74) is 5.82. The first-order chi connectivity index (χ1) is 9.78. The van der Waals surface area contributed by atoms with Crippen LogP contribution in [0.25, 0.3) is 11.4 Å². The average molecular weight is 270 g/mol. The van der Waals surface area contributed by atoms with Crippen molar-refractivity contribution in [3.8, 4) is 17.1 Å². The van der Waals surface area contributed by atoms with E-state index in [0.717, 1.165) is 48.3 Å². The van der Waals surface area contributed by atoms with Crippen molar-refractivity contribution in [2.24, 2.45) is 5.84 Å². The summed E-state index contributed by atoms with van der Waals surface area (Å²) in [6, 6.07) is 6.90. The molecule has 0 spiro atoms. The van der Waals surface area contributed by atoms with Gasteiger partial charge in [0.2, 0.25) is 0 Å². The Balaban J connectivity index is 2.08. The molecule has 0 bridgehead atoms. The van der Waals surface area contributed by atoms with Crippen molar-refractivity contribution >= 4 is 5.82 Å². The third kappa shape index (κ3) is 2.44. The van der Waals surface area contributed by atoms with Crippen LogP contribution in [0.4, 0.5) is 5.82 Å². The Hall–Kier alpha value is -2.14. The highest BCUT2D eigenvalue weighted by molar-refractivity contribution is 5.60. The third-order valence-corrected chi connectivity index (χ3v) is 3.70. The highest BCUT2D eigenvalue weighted by atomic mass is 16.3. The molecule has 5 heteroatoms. The summed E-state index contributed by atoms with van der Waals surface area (Å²) in [5.74, 6) is 7.23. The largest absolute Gasteiger partial charge is 0.508 e. The van der Waals surface area contributed by atoms with E-state index in [9.17, 15) is 5.11 Å². The molecule has 3 rings (SSSR count). The Kier molecular flexibility index (Phi) is 3.52. The number of phenols is 1. The Morgan fingerprint density at radius 3 is 2.50 bits per heavy atom. The number of hydrogen-bond donors (Lipinski definition) is 3. The molecule has 0 atom stereocenters. The molecule has 1 aliphatic carbocycles. The molecule has 20 heavy (non-hydrogen) atoms. The number of hydrogen-bond acceptors (Lipinski definition) is 5. The van der Waals surface area contributed by atoms with Crippen LogP contribution in [0.5, 0.6) is 5.75 Å². The van der Waals surface area contributed by atoms with E-state index >= 15 is 0 Å². The maximum absolute atomic E-state index is 9.36. The second-order valence-electron chi connectivity index (χ2n) is 5.07. The number of phenolic OH excluding ortho intramolecular Hbond substituents is 1. The van der Waals surface area contributed by atoms with E-state index < -0.39 is 0 Å². The minimum atomic E-state index is 0.237. The van der Waals surface area contributed by atoms with Crippen molar-refractivity contribution in [3.63, 3.8) is 0 Å². The van der Waals surface area contributed by atoms with Crippen LogP contribution < -0.4 is 11.3 Å². The molecule has 0 fully saturated rings. The van der Waals surface area contributed by atoms with Crippen LogP contribution >= 0.6 is 0 Å². The van der Waals surface area contributed by atoms with Crippen molar-refractivity contribution < 1.29 is 5.11 Å². The van der Waals surface area contributed by atoms with E-state index in [0.29, 0.717) is 5.82 Å². The highest BCUT2D eigenvalue weighted by Crippen LogP contribution is 2.27. The van der Waals surface area contributed by atoms with Crippen LogP contribution in [0.3, 0.4) is 0 Å². The lowest BCUT2D eigenvalue weighted by Gasteiger charge is -2.12. The molecule has 1 aliphatic rings. The van der Waals surface area contributed by atoms with Gasteiger partial charge in [0.25, 0.3) is 0 Å². The smallest absolute Gasteiger partial charge is 0.161 e. The lowest BCUT2D eigenvalue weighted by Crippen LogP contribution is -2.14. The predicted octanol–water partition coefficient (Wildman–Crippen LogP) is 2.40. The second kappa shape index (κ2) is 5.46. The number of fused-ring (bicyclic) bond motifs is 1. The van der Waals surface area contributed by atoms with Crippen molar-refractivity contribution in [1.29, 1.82) is 0 Å². The van der Waals surface area contributed by atoms with Crippen molar-refractivity contribution in [2.75, 3.05) is 5.43 Å². The van der Waals surface area contributed by atoms with Gasteiger partial charge in [-0.05, 0) is 49.9 Å². The second-order valence-corrected chi connectivity index (χ2v) is 5.07. The molecule has 1 heterocycles. The number of rotatable bonds is 2. The van der Waals surface area contributed by atoms with Crippen LogP contribution in [0, 0.1) is 0 Å². The number of nitrogen functional groups attached to an aromatic ring is 1. The summed E-state index contributed by atoms with van der Waals surface area (Å²) < 4.78 is 0. The van der Waals surface area contributed by atoms with E-state index in [1.165, 1.54) is 6.42 Å². The third-order valence-electron chi connectivity index (χ3n) is 3.70. The van der Waals surface area contributed by atoms with Crippen molar-refractivity contribution in [2.45, 2.75) is 32.1 Å². The number of aromatic nitrogens is 2. The number of anilines is 1. The first kappa shape index (κ1) is 12.9. The number of aryl methyl sites for hydroxylation is 1. The molecule has 4 N–H and O–H groups in total. The first-order valence-corrected chi connectivity index (χ1v) is 6.94. The van der Waals surface area contributed by atoms with Crippen LogP contribution in [0.1, 0.15) is 30.5 Å². The summed E-state index contributed by atoms with van der Waals surface area (Å²) in [5, 5.41) is 9.36. The molecule has 0 unspecified atom stereocenters. The van der Waals surface area contributed by atoms with Gasteiger partial charge < -0.3 is 10.5 Å². The number of nitrogens with two attached hydrogens (primary N) is 1. The first-order valence-electron chi connectivity index (χ1n) is 6.94. The highest BCUT2D eigenvalue weighted by Gasteiger charge is 2.16. The molecule has 1 aromatic carbocycles. The van der Waals surface area contributed by atoms with Gasteiger partial charge in [-0.3, -0.25) is 0 Å². The fraction of sp³-hybridized carbons (Fsp3) is 0.333. The fourth-order valence-corrected chi connectivity index (χ4v) is 2.63. The number of nitrogens with one attached hydrogen (secondary N) is 1. The van der Waals surface area contributed by atoms with Gasteiger partial charge in [-0.15, -0.1) is 0 Å². The fourth-order valence-electron chi connectivity index (χ4n) is 2.63. The van der Waals surface area contributed by atoms with Gasteiger partial charge in [0.15, 0.2) is 5.82 Å². The Labute approximate surface area is 117 Å². The van der Waals surface area contributed by atoms with Crippen molar-refractivity contribution in [1.82, 2.24) is 9.97 Å². The summed E-state index contributed by atoms with van der Waals surface area (Å²) in [7, 11) is 0. The molecule has 104 valence electrons. The predicted molar refractivity (Wildman–Crippen MR) is 78.2 cm³/mol. The SMILES string of the molecule is NNc1nc(-c2ccc(O)cc2)nc2c1CCCCC2. The van der Waals surface area contributed by atoms with Gasteiger partial charge in [0, 0.05) is 16.8 Å². The summed E-state index contributed by atoms with van der Waals surface area (Å²) in [4.78, 5) is 9.21. The summed E-state index contributed by atoms with van der Waals surface area (Å²) in [6.45, 7) is 0.